The van der Waals surface area contributed by atoms with Crippen LogP contribution in [0.4, 0.5) is 11.5 Å². The Morgan fingerprint density at radius 2 is 2.33 bits per heavy atom. The van der Waals surface area contributed by atoms with E-state index in [1.165, 1.54) is 7.11 Å². The predicted molar refractivity (Wildman–Crippen MR) is 62.8 cm³/mol. The molecule has 0 saturated carbocycles. The second-order valence-electron chi connectivity index (χ2n) is 3.63. The molecular formula is C10H13N3O5. The zero-order valence-electron chi connectivity index (χ0n) is 9.91. The first kappa shape index (κ1) is 13.8. The van der Waals surface area contributed by atoms with Crippen LogP contribution in [0.3, 0.4) is 0 Å². The molecule has 8 nitrogen and oxygen atoms in total. The predicted octanol–water partition coefficient (Wildman–Crippen LogP) is 1.13. The number of aromatic carboxylic acids is 1. The summed E-state index contributed by atoms with van der Waals surface area (Å²) in [6, 6.07) is 1.97. The first-order chi connectivity index (χ1) is 8.45. The molecular weight excluding hydrogens is 242 g/mol. The summed E-state index contributed by atoms with van der Waals surface area (Å²) in [5.74, 6) is -1.32. The molecule has 1 heterocycles. The van der Waals surface area contributed by atoms with E-state index >= 15 is 0 Å². The molecule has 0 aliphatic heterocycles. The number of nitro groups is 1. The van der Waals surface area contributed by atoms with Crippen LogP contribution in [0.5, 0.6) is 0 Å². The number of nitrogens with one attached hydrogen (secondary N) is 1. The van der Waals surface area contributed by atoms with E-state index in [1.807, 2.05) is 0 Å². The van der Waals surface area contributed by atoms with E-state index in [0.717, 1.165) is 12.1 Å². The molecule has 1 unspecified atom stereocenters. The molecule has 1 atom stereocenters. The summed E-state index contributed by atoms with van der Waals surface area (Å²) in [5, 5.41) is 22.3. The summed E-state index contributed by atoms with van der Waals surface area (Å²) >= 11 is 0. The van der Waals surface area contributed by atoms with Gasteiger partial charge in [0.05, 0.1) is 11.5 Å². The summed E-state index contributed by atoms with van der Waals surface area (Å²) < 4.78 is 4.88. The summed E-state index contributed by atoms with van der Waals surface area (Å²) in [4.78, 5) is 24.6. The highest BCUT2D eigenvalue weighted by Gasteiger charge is 2.19. The van der Waals surface area contributed by atoms with Crippen molar-refractivity contribution in [2.45, 2.75) is 13.0 Å². The first-order valence-electron chi connectivity index (χ1n) is 5.10. The highest BCUT2D eigenvalue weighted by atomic mass is 16.6. The third kappa shape index (κ3) is 3.39. The first-order valence-corrected chi connectivity index (χ1v) is 5.10. The van der Waals surface area contributed by atoms with Crippen molar-refractivity contribution in [3.8, 4) is 0 Å². The Morgan fingerprint density at radius 1 is 1.67 bits per heavy atom. The molecule has 0 aliphatic carbocycles. The van der Waals surface area contributed by atoms with Crippen LogP contribution in [-0.2, 0) is 4.74 Å². The van der Waals surface area contributed by atoms with Crippen molar-refractivity contribution in [1.29, 1.82) is 0 Å². The van der Waals surface area contributed by atoms with Gasteiger partial charge in [-0.2, -0.15) is 0 Å². The highest BCUT2D eigenvalue weighted by Crippen LogP contribution is 2.22. The minimum atomic E-state index is -1.24. The van der Waals surface area contributed by atoms with Gasteiger partial charge in [-0.05, 0) is 13.0 Å². The van der Waals surface area contributed by atoms with Crippen LogP contribution < -0.4 is 5.32 Å². The fraction of sp³-hybridized carbons (Fsp3) is 0.400. The molecule has 98 valence electrons. The van der Waals surface area contributed by atoms with Gasteiger partial charge in [0.25, 0.3) is 0 Å². The number of carboxylic acids is 1. The van der Waals surface area contributed by atoms with Crippen LogP contribution in [0.15, 0.2) is 12.1 Å². The quantitative estimate of drug-likeness (QED) is 0.578. The molecule has 0 fully saturated rings. The number of anilines is 1. The Kier molecular flexibility index (Phi) is 4.55. The lowest BCUT2D eigenvalue weighted by Gasteiger charge is -2.13. The maximum atomic E-state index is 10.8. The smallest absolute Gasteiger partial charge is 0.354 e. The van der Waals surface area contributed by atoms with Crippen molar-refractivity contribution in [2.24, 2.45) is 0 Å². The third-order valence-electron chi connectivity index (χ3n) is 2.09. The van der Waals surface area contributed by atoms with E-state index in [4.69, 9.17) is 9.84 Å². The van der Waals surface area contributed by atoms with Crippen LogP contribution in [-0.4, -0.2) is 40.7 Å². The maximum Gasteiger partial charge on any atom is 0.354 e. The molecule has 1 rings (SSSR count). The van der Waals surface area contributed by atoms with Crippen molar-refractivity contribution >= 4 is 17.5 Å². The molecule has 0 radical (unpaired) electrons. The van der Waals surface area contributed by atoms with Crippen LogP contribution in [0.25, 0.3) is 0 Å². The van der Waals surface area contributed by atoms with E-state index in [2.05, 4.69) is 10.3 Å². The summed E-state index contributed by atoms with van der Waals surface area (Å²) in [7, 11) is 1.49. The molecule has 2 N–H and O–H groups in total. The van der Waals surface area contributed by atoms with Gasteiger partial charge in [-0.15, -0.1) is 0 Å². The van der Waals surface area contributed by atoms with E-state index in [1.54, 1.807) is 6.92 Å². The maximum absolute atomic E-state index is 10.8. The number of carboxylic acid groups (broad SMARTS) is 1. The molecule has 8 heteroatoms. The Hall–Kier alpha value is -2.22. The SMILES string of the molecule is COCC(C)Nc1nc(C(=O)O)ccc1[N+](=O)[O-]. The molecule has 0 spiro atoms. The number of hydrogen-bond donors (Lipinski definition) is 2. The van der Waals surface area contributed by atoms with Gasteiger partial charge < -0.3 is 15.2 Å². The summed E-state index contributed by atoms with van der Waals surface area (Å²) in [6.07, 6.45) is 0. The molecule has 1 aromatic rings. The molecule has 0 bridgehead atoms. The van der Waals surface area contributed by atoms with Crippen molar-refractivity contribution < 1.29 is 19.6 Å². The number of rotatable bonds is 6. The lowest BCUT2D eigenvalue weighted by atomic mass is 10.3. The number of nitrogens with zero attached hydrogens (tertiary/aromatic N) is 2. The average molecular weight is 255 g/mol. The number of methoxy groups -OCH3 is 1. The van der Waals surface area contributed by atoms with Crippen molar-refractivity contribution in [2.75, 3.05) is 19.0 Å². The zero-order valence-corrected chi connectivity index (χ0v) is 9.91. The Morgan fingerprint density at radius 3 is 2.83 bits per heavy atom. The minimum Gasteiger partial charge on any atom is -0.477 e. The topological polar surface area (TPSA) is 115 Å². The Labute approximate surface area is 103 Å². The number of aromatic nitrogens is 1. The average Bonchev–Trinajstić information content (AvgIpc) is 2.28. The summed E-state index contributed by atoms with van der Waals surface area (Å²) in [5.41, 5.74) is -0.532. The molecule has 0 aliphatic rings. The van der Waals surface area contributed by atoms with Gasteiger partial charge in [-0.1, -0.05) is 0 Å². The fourth-order valence-corrected chi connectivity index (χ4v) is 1.35. The molecule has 18 heavy (non-hydrogen) atoms. The molecule has 0 amide bonds. The van der Waals surface area contributed by atoms with Gasteiger partial charge in [-0.3, -0.25) is 10.1 Å². The third-order valence-corrected chi connectivity index (χ3v) is 2.09. The number of hydrogen-bond acceptors (Lipinski definition) is 6. The van der Waals surface area contributed by atoms with E-state index < -0.39 is 10.9 Å². The van der Waals surface area contributed by atoms with Gasteiger partial charge in [0.1, 0.15) is 0 Å². The summed E-state index contributed by atoms with van der Waals surface area (Å²) in [6.45, 7) is 2.05. The number of carbonyl (C=O) groups is 1. The van der Waals surface area contributed by atoms with Crippen molar-refractivity contribution in [3.05, 3.63) is 27.9 Å². The van der Waals surface area contributed by atoms with E-state index in [0.29, 0.717) is 6.61 Å². The Bertz CT molecular complexity index is 463. The van der Waals surface area contributed by atoms with Gasteiger partial charge in [0, 0.05) is 19.2 Å². The van der Waals surface area contributed by atoms with Crippen molar-refractivity contribution in [3.63, 3.8) is 0 Å². The second-order valence-corrected chi connectivity index (χ2v) is 3.63. The zero-order chi connectivity index (χ0) is 13.7. The van der Waals surface area contributed by atoms with Gasteiger partial charge >= 0.3 is 11.7 Å². The highest BCUT2D eigenvalue weighted by molar-refractivity contribution is 5.86. The van der Waals surface area contributed by atoms with Crippen LogP contribution in [0.1, 0.15) is 17.4 Å². The van der Waals surface area contributed by atoms with E-state index in [9.17, 15) is 14.9 Å². The lowest BCUT2D eigenvalue weighted by molar-refractivity contribution is -0.384. The standard InChI is InChI=1S/C10H13N3O5/c1-6(5-18-2)11-9-8(13(16)17)4-3-7(12-9)10(14)15/h3-4,6H,5H2,1-2H3,(H,11,12)(H,14,15). The van der Waals surface area contributed by atoms with Crippen molar-refractivity contribution in [1.82, 2.24) is 4.98 Å². The minimum absolute atomic E-state index is 0.0792. The van der Waals surface area contributed by atoms with Crippen LogP contribution in [0, 0.1) is 10.1 Å². The molecule has 1 aromatic heterocycles. The fourth-order valence-electron chi connectivity index (χ4n) is 1.35. The van der Waals surface area contributed by atoms with Gasteiger partial charge in [0.2, 0.25) is 5.82 Å². The monoisotopic (exact) mass is 255 g/mol. The molecule has 0 saturated heterocycles. The van der Waals surface area contributed by atoms with Crippen LogP contribution in [0.2, 0.25) is 0 Å². The lowest BCUT2D eigenvalue weighted by Crippen LogP contribution is -2.22. The number of pyridine rings is 1. The second kappa shape index (κ2) is 5.92. The van der Waals surface area contributed by atoms with Gasteiger partial charge in [0.15, 0.2) is 5.69 Å². The normalized spacial score (nSPS) is 11.9. The Balaban J connectivity index is 3.07. The largest absolute Gasteiger partial charge is 0.477 e. The number of ether oxygens (including phenoxy) is 1. The van der Waals surface area contributed by atoms with Crippen LogP contribution >= 0.6 is 0 Å². The molecule has 0 aromatic carbocycles. The van der Waals surface area contributed by atoms with Gasteiger partial charge in [-0.25, -0.2) is 9.78 Å². The van der Waals surface area contributed by atoms with E-state index in [-0.39, 0.29) is 23.2 Å².